The largest absolute Gasteiger partial charge is 0.325 e. The molecule has 0 heterocycles. The van der Waals surface area contributed by atoms with Crippen molar-refractivity contribution in [1.82, 2.24) is 4.90 Å². The van der Waals surface area contributed by atoms with E-state index in [9.17, 15) is 4.39 Å². The van der Waals surface area contributed by atoms with E-state index in [1.165, 1.54) is 6.07 Å². The second-order valence-electron chi connectivity index (χ2n) is 5.34. The quantitative estimate of drug-likeness (QED) is 0.899. The lowest BCUT2D eigenvalue weighted by Crippen LogP contribution is -2.37. The summed E-state index contributed by atoms with van der Waals surface area (Å²) in [5.41, 5.74) is 6.26. The maximum atomic E-state index is 13.8. The molecule has 0 aliphatic rings. The fourth-order valence-corrected chi connectivity index (χ4v) is 2.02. The van der Waals surface area contributed by atoms with Crippen molar-refractivity contribution in [3.8, 4) is 0 Å². The van der Waals surface area contributed by atoms with E-state index in [4.69, 9.17) is 17.3 Å². The third-order valence-electron chi connectivity index (χ3n) is 2.66. The summed E-state index contributed by atoms with van der Waals surface area (Å²) in [6, 6.07) is 4.56. The summed E-state index contributed by atoms with van der Waals surface area (Å²) in [5.74, 6) is -0.239. The van der Waals surface area contributed by atoms with E-state index >= 15 is 0 Å². The van der Waals surface area contributed by atoms with Crippen LogP contribution in [0.3, 0.4) is 0 Å². The van der Waals surface area contributed by atoms with Gasteiger partial charge in [0.25, 0.3) is 0 Å². The van der Waals surface area contributed by atoms with Gasteiger partial charge in [0.1, 0.15) is 5.82 Å². The average Bonchev–Trinajstić information content (AvgIpc) is 2.17. The van der Waals surface area contributed by atoms with Crippen LogP contribution in [-0.4, -0.2) is 24.5 Å². The summed E-state index contributed by atoms with van der Waals surface area (Å²) in [4.78, 5) is 1.96. The SMILES string of the molecule is CN(C)C(CC(C)(C)N)c1cc(Cl)ccc1F. The summed E-state index contributed by atoms with van der Waals surface area (Å²) >= 11 is 5.92. The van der Waals surface area contributed by atoms with Gasteiger partial charge < -0.3 is 10.6 Å². The summed E-state index contributed by atoms with van der Waals surface area (Å²) in [6.45, 7) is 3.87. The first-order valence-corrected chi connectivity index (χ1v) is 5.99. The van der Waals surface area contributed by atoms with Gasteiger partial charge in [-0.3, -0.25) is 0 Å². The molecular formula is C13H20ClFN2. The van der Waals surface area contributed by atoms with Gasteiger partial charge in [-0.25, -0.2) is 4.39 Å². The molecule has 96 valence electrons. The van der Waals surface area contributed by atoms with Crippen LogP contribution in [-0.2, 0) is 0 Å². The molecule has 0 amide bonds. The van der Waals surface area contributed by atoms with E-state index in [1.54, 1.807) is 12.1 Å². The van der Waals surface area contributed by atoms with Gasteiger partial charge in [-0.05, 0) is 52.6 Å². The van der Waals surface area contributed by atoms with Crippen molar-refractivity contribution in [2.24, 2.45) is 5.73 Å². The van der Waals surface area contributed by atoms with Crippen LogP contribution < -0.4 is 5.73 Å². The number of nitrogens with zero attached hydrogens (tertiary/aromatic N) is 1. The Morgan fingerprint density at radius 2 is 2.00 bits per heavy atom. The number of rotatable bonds is 4. The molecule has 1 aromatic carbocycles. The first kappa shape index (κ1) is 14.4. The predicted octanol–water partition coefficient (Wildman–Crippen LogP) is 3.21. The average molecular weight is 259 g/mol. The second kappa shape index (κ2) is 5.34. The molecule has 0 fully saturated rings. The Morgan fingerprint density at radius 1 is 1.41 bits per heavy atom. The third-order valence-corrected chi connectivity index (χ3v) is 2.89. The molecule has 1 aromatic rings. The molecule has 0 radical (unpaired) electrons. The molecule has 17 heavy (non-hydrogen) atoms. The van der Waals surface area contributed by atoms with E-state index < -0.39 is 0 Å². The smallest absolute Gasteiger partial charge is 0.128 e. The van der Waals surface area contributed by atoms with Crippen LogP contribution in [0.2, 0.25) is 5.02 Å². The molecule has 2 nitrogen and oxygen atoms in total. The molecule has 0 spiro atoms. The highest BCUT2D eigenvalue weighted by Crippen LogP contribution is 2.30. The molecule has 1 atom stereocenters. The topological polar surface area (TPSA) is 29.3 Å². The lowest BCUT2D eigenvalue weighted by atomic mass is 9.91. The van der Waals surface area contributed by atoms with Crippen molar-refractivity contribution < 1.29 is 4.39 Å². The Kier molecular flexibility index (Phi) is 4.53. The monoisotopic (exact) mass is 258 g/mol. The van der Waals surface area contributed by atoms with Crippen molar-refractivity contribution in [3.63, 3.8) is 0 Å². The van der Waals surface area contributed by atoms with Gasteiger partial charge in [-0.1, -0.05) is 11.6 Å². The maximum Gasteiger partial charge on any atom is 0.128 e. The molecular weight excluding hydrogens is 239 g/mol. The van der Waals surface area contributed by atoms with Crippen molar-refractivity contribution in [1.29, 1.82) is 0 Å². The minimum Gasteiger partial charge on any atom is -0.325 e. The van der Waals surface area contributed by atoms with E-state index in [0.29, 0.717) is 17.0 Å². The van der Waals surface area contributed by atoms with Crippen LogP contribution in [0.5, 0.6) is 0 Å². The first-order chi connectivity index (χ1) is 7.70. The maximum absolute atomic E-state index is 13.8. The summed E-state index contributed by atoms with van der Waals surface area (Å²) < 4.78 is 13.8. The molecule has 1 rings (SSSR count). The summed E-state index contributed by atoms with van der Waals surface area (Å²) in [5, 5.41) is 0.545. The van der Waals surface area contributed by atoms with E-state index in [2.05, 4.69) is 0 Å². The Balaban J connectivity index is 3.10. The van der Waals surface area contributed by atoms with Gasteiger partial charge in [0, 0.05) is 22.2 Å². The van der Waals surface area contributed by atoms with Gasteiger partial charge in [0.15, 0.2) is 0 Å². The highest BCUT2D eigenvalue weighted by atomic mass is 35.5. The van der Waals surface area contributed by atoms with Gasteiger partial charge in [0.05, 0.1) is 0 Å². The van der Waals surface area contributed by atoms with E-state index in [0.717, 1.165) is 0 Å². The van der Waals surface area contributed by atoms with E-state index in [1.807, 2.05) is 32.8 Å². The molecule has 2 N–H and O–H groups in total. The number of halogens is 2. The number of hydrogen-bond acceptors (Lipinski definition) is 2. The molecule has 1 unspecified atom stereocenters. The third kappa shape index (κ3) is 4.26. The predicted molar refractivity (Wildman–Crippen MR) is 70.7 cm³/mol. The van der Waals surface area contributed by atoms with Gasteiger partial charge in [-0.15, -0.1) is 0 Å². The minimum absolute atomic E-state index is 0.0753. The zero-order chi connectivity index (χ0) is 13.2. The standard InChI is InChI=1S/C13H20ClFN2/c1-13(2,16)8-12(17(3)4)10-7-9(14)5-6-11(10)15/h5-7,12H,8,16H2,1-4H3. The van der Waals surface area contributed by atoms with Gasteiger partial charge in [-0.2, -0.15) is 0 Å². The fourth-order valence-electron chi connectivity index (χ4n) is 1.84. The molecule has 0 aliphatic carbocycles. The fraction of sp³-hybridized carbons (Fsp3) is 0.538. The molecule has 0 saturated carbocycles. The zero-order valence-electron chi connectivity index (χ0n) is 10.8. The Labute approximate surface area is 108 Å². The van der Waals surface area contributed by atoms with Crippen molar-refractivity contribution in [2.45, 2.75) is 31.8 Å². The molecule has 4 heteroatoms. The first-order valence-electron chi connectivity index (χ1n) is 5.61. The lowest BCUT2D eigenvalue weighted by molar-refractivity contribution is 0.237. The highest BCUT2D eigenvalue weighted by Gasteiger charge is 2.24. The van der Waals surface area contributed by atoms with Crippen molar-refractivity contribution in [2.75, 3.05) is 14.1 Å². The Morgan fingerprint density at radius 3 is 2.47 bits per heavy atom. The van der Waals surface area contributed by atoms with Crippen molar-refractivity contribution in [3.05, 3.63) is 34.6 Å². The molecule has 0 aromatic heterocycles. The number of benzene rings is 1. The lowest BCUT2D eigenvalue weighted by Gasteiger charge is -2.31. The molecule has 0 saturated heterocycles. The van der Waals surface area contributed by atoms with Crippen LogP contribution in [0.25, 0.3) is 0 Å². The normalized spacial score (nSPS) is 14.1. The minimum atomic E-state index is -0.357. The number of nitrogens with two attached hydrogens (primary N) is 1. The van der Waals surface area contributed by atoms with Crippen LogP contribution in [0.4, 0.5) is 4.39 Å². The van der Waals surface area contributed by atoms with Crippen LogP contribution in [0, 0.1) is 5.82 Å². The van der Waals surface area contributed by atoms with Crippen LogP contribution in [0.1, 0.15) is 31.9 Å². The second-order valence-corrected chi connectivity index (χ2v) is 5.77. The van der Waals surface area contributed by atoms with Crippen molar-refractivity contribution >= 4 is 11.6 Å². The van der Waals surface area contributed by atoms with E-state index in [-0.39, 0.29) is 17.4 Å². The highest BCUT2D eigenvalue weighted by molar-refractivity contribution is 6.30. The van der Waals surface area contributed by atoms with Gasteiger partial charge >= 0.3 is 0 Å². The summed E-state index contributed by atoms with van der Waals surface area (Å²) in [6.07, 6.45) is 0.664. The number of hydrogen-bond donors (Lipinski definition) is 1. The molecule has 0 aliphatic heterocycles. The van der Waals surface area contributed by atoms with Crippen LogP contribution >= 0.6 is 11.6 Å². The zero-order valence-corrected chi connectivity index (χ0v) is 11.6. The molecule has 0 bridgehead atoms. The Hall–Kier alpha value is -0.640. The van der Waals surface area contributed by atoms with Crippen LogP contribution in [0.15, 0.2) is 18.2 Å². The van der Waals surface area contributed by atoms with Gasteiger partial charge in [0.2, 0.25) is 0 Å². The Bertz CT molecular complexity index is 385. The summed E-state index contributed by atoms with van der Waals surface area (Å²) in [7, 11) is 3.83.